The molecule has 0 unspecified atom stereocenters. The number of nitro benzene ring substituents is 1. The van der Waals surface area contributed by atoms with Crippen LogP contribution in [-0.2, 0) is 11.2 Å². The average molecular weight is 448 g/mol. The van der Waals surface area contributed by atoms with E-state index in [-0.39, 0.29) is 17.5 Å². The van der Waals surface area contributed by atoms with Gasteiger partial charge in [0, 0.05) is 36.5 Å². The topological polar surface area (TPSA) is 118 Å². The van der Waals surface area contributed by atoms with Gasteiger partial charge in [-0.15, -0.1) is 0 Å². The number of piperidine rings is 1. The Labute approximate surface area is 190 Å². The summed E-state index contributed by atoms with van der Waals surface area (Å²) in [6, 6.07) is 10.3. The summed E-state index contributed by atoms with van der Waals surface area (Å²) in [5.41, 5.74) is 2.40. The zero-order valence-corrected chi connectivity index (χ0v) is 18.1. The van der Waals surface area contributed by atoms with Crippen LogP contribution in [0.5, 0.6) is 0 Å². The Hall–Kier alpha value is -3.66. The monoisotopic (exact) mass is 448 g/mol. The standard InChI is InChI=1S/C23H24N6O4/c30-21(28-11-3-4-17-14-18(29(31)32)6-7-20(17)28)15-27-12-8-16(9-13-27)23-25-22(26-33-23)19-5-1-2-10-24-19/h1-2,5-7,10,14,16H,3-4,8-9,11-13,15H2. The van der Waals surface area contributed by atoms with E-state index >= 15 is 0 Å². The zero-order chi connectivity index (χ0) is 22.8. The van der Waals surface area contributed by atoms with Crippen LogP contribution in [0, 0.1) is 10.1 Å². The van der Waals surface area contributed by atoms with Crippen molar-refractivity contribution < 1.29 is 14.2 Å². The minimum atomic E-state index is -0.395. The quantitative estimate of drug-likeness (QED) is 0.431. The van der Waals surface area contributed by atoms with Crippen molar-refractivity contribution in [3.05, 3.63) is 64.2 Å². The normalized spacial score (nSPS) is 17.0. The molecule has 0 N–H and O–H groups in total. The number of pyridine rings is 1. The molecule has 0 atom stereocenters. The number of non-ortho nitro benzene ring substituents is 1. The summed E-state index contributed by atoms with van der Waals surface area (Å²) in [6.45, 7) is 2.49. The second kappa shape index (κ2) is 9.07. The van der Waals surface area contributed by atoms with Crippen LogP contribution in [0.25, 0.3) is 11.5 Å². The summed E-state index contributed by atoms with van der Waals surface area (Å²) in [6.07, 6.45) is 4.91. The predicted molar refractivity (Wildman–Crippen MR) is 120 cm³/mol. The van der Waals surface area contributed by atoms with Crippen molar-refractivity contribution in [2.24, 2.45) is 0 Å². The second-order valence-corrected chi connectivity index (χ2v) is 8.44. The van der Waals surface area contributed by atoms with Gasteiger partial charge < -0.3 is 9.42 Å². The third kappa shape index (κ3) is 4.47. The molecule has 3 aromatic rings. The molecule has 0 spiro atoms. The molecule has 1 saturated heterocycles. The number of rotatable bonds is 5. The Kier molecular flexibility index (Phi) is 5.82. The number of carbonyl (C=O) groups is 1. The van der Waals surface area contributed by atoms with Crippen molar-refractivity contribution in [2.45, 2.75) is 31.6 Å². The molecule has 0 bridgehead atoms. The highest BCUT2D eigenvalue weighted by Gasteiger charge is 2.29. The Balaban J connectivity index is 1.19. The van der Waals surface area contributed by atoms with Gasteiger partial charge in [0.05, 0.1) is 11.5 Å². The first-order valence-corrected chi connectivity index (χ1v) is 11.1. The number of amides is 1. The van der Waals surface area contributed by atoms with Gasteiger partial charge in [-0.2, -0.15) is 4.98 Å². The SMILES string of the molecule is O=C(CN1CCC(c2nc(-c3ccccn3)no2)CC1)N1CCCc2cc([N+](=O)[O-])ccc21. The van der Waals surface area contributed by atoms with E-state index in [1.165, 1.54) is 6.07 Å². The van der Waals surface area contributed by atoms with Gasteiger partial charge in [-0.3, -0.25) is 24.8 Å². The lowest BCUT2D eigenvalue weighted by Gasteiger charge is -2.34. The van der Waals surface area contributed by atoms with E-state index in [1.807, 2.05) is 18.2 Å². The molecule has 5 rings (SSSR count). The van der Waals surface area contributed by atoms with Gasteiger partial charge in [-0.25, -0.2) is 0 Å². The fourth-order valence-electron chi connectivity index (χ4n) is 4.57. The Bertz CT molecular complexity index is 1160. The fraction of sp³-hybridized carbons (Fsp3) is 0.391. The highest BCUT2D eigenvalue weighted by atomic mass is 16.6. The molecule has 1 amide bonds. The van der Waals surface area contributed by atoms with E-state index in [0.29, 0.717) is 30.5 Å². The Morgan fingerprint density at radius 1 is 1.18 bits per heavy atom. The molecule has 2 aliphatic heterocycles. The molecule has 0 radical (unpaired) electrons. The highest BCUT2D eigenvalue weighted by Crippen LogP contribution is 2.32. The summed E-state index contributed by atoms with van der Waals surface area (Å²) in [4.78, 5) is 36.4. The molecular formula is C23H24N6O4. The van der Waals surface area contributed by atoms with E-state index in [1.54, 1.807) is 23.2 Å². The Morgan fingerprint density at radius 2 is 2.03 bits per heavy atom. The van der Waals surface area contributed by atoms with Crippen molar-refractivity contribution in [1.82, 2.24) is 20.0 Å². The van der Waals surface area contributed by atoms with Crippen molar-refractivity contribution in [2.75, 3.05) is 31.1 Å². The maximum absolute atomic E-state index is 13.1. The summed E-state index contributed by atoms with van der Waals surface area (Å²) in [7, 11) is 0. The minimum Gasteiger partial charge on any atom is -0.339 e. The molecule has 2 aromatic heterocycles. The van der Waals surface area contributed by atoms with Gasteiger partial charge in [0.1, 0.15) is 5.69 Å². The molecule has 10 heteroatoms. The van der Waals surface area contributed by atoms with Crippen molar-refractivity contribution in [1.29, 1.82) is 0 Å². The lowest BCUT2D eigenvalue weighted by molar-refractivity contribution is -0.384. The number of benzene rings is 1. The van der Waals surface area contributed by atoms with Crippen LogP contribution < -0.4 is 4.90 Å². The van der Waals surface area contributed by atoms with Gasteiger partial charge in [-0.05, 0) is 62.5 Å². The number of aryl methyl sites for hydroxylation is 1. The average Bonchev–Trinajstić information content (AvgIpc) is 3.34. The third-order valence-corrected chi connectivity index (χ3v) is 6.32. The van der Waals surface area contributed by atoms with Crippen LogP contribution >= 0.6 is 0 Å². The number of nitro groups is 1. The van der Waals surface area contributed by atoms with Crippen LogP contribution in [0.3, 0.4) is 0 Å². The molecule has 1 fully saturated rings. The molecule has 0 saturated carbocycles. The fourth-order valence-corrected chi connectivity index (χ4v) is 4.57. The van der Waals surface area contributed by atoms with E-state index in [4.69, 9.17) is 4.52 Å². The van der Waals surface area contributed by atoms with Gasteiger partial charge in [0.25, 0.3) is 5.69 Å². The zero-order valence-electron chi connectivity index (χ0n) is 18.1. The molecule has 170 valence electrons. The molecule has 0 aliphatic carbocycles. The van der Waals surface area contributed by atoms with Crippen LogP contribution in [0.1, 0.15) is 36.6 Å². The van der Waals surface area contributed by atoms with Crippen molar-refractivity contribution >= 4 is 17.3 Å². The number of hydrogen-bond donors (Lipinski definition) is 0. The van der Waals surface area contributed by atoms with E-state index in [0.717, 1.165) is 50.0 Å². The van der Waals surface area contributed by atoms with Crippen LogP contribution in [0.2, 0.25) is 0 Å². The van der Waals surface area contributed by atoms with Crippen LogP contribution in [-0.4, -0.2) is 57.0 Å². The predicted octanol–water partition coefficient (Wildman–Crippen LogP) is 3.20. The van der Waals surface area contributed by atoms with Crippen molar-refractivity contribution in [3.8, 4) is 11.5 Å². The van der Waals surface area contributed by atoms with Crippen LogP contribution in [0.15, 0.2) is 47.1 Å². The van der Waals surface area contributed by atoms with Gasteiger partial charge in [-0.1, -0.05) is 11.2 Å². The largest absolute Gasteiger partial charge is 0.339 e. The second-order valence-electron chi connectivity index (χ2n) is 8.44. The molecule has 33 heavy (non-hydrogen) atoms. The summed E-state index contributed by atoms with van der Waals surface area (Å²) < 4.78 is 5.49. The van der Waals surface area contributed by atoms with E-state index in [9.17, 15) is 14.9 Å². The molecular weight excluding hydrogens is 424 g/mol. The van der Waals surface area contributed by atoms with Gasteiger partial charge >= 0.3 is 0 Å². The highest BCUT2D eigenvalue weighted by molar-refractivity contribution is 5.96. The number of carbonyl (C=O) groups excluding carboxylic acids is 1. The summed E-state index contributed by atoms with van der Waals surface area (Å²) >= 11 is 0. The lowest BCUT2D eigenvalue weighted by atomic mass is 9.96. The van der Waals surface area contributed by atoms with Crippen molar-refractivity contribution in [3.63, 3.8) is 0 Å². The maximum Gasteiger partial charge on any atom is 0.269 e. The number of aromatic nitrogens is 3. The van der Waals surface area contributed by atoms with Crippen LogP contribution in [0.4, 0.5) is 11.4 Å². The molecule has 10 nitrogen and oxygen atoms in total. The number of nitrogens with zero attached hydrogens (tertiary/aromatic N) is 6. The molecule has 4 heterocycles. The van der Waals surface area contributed by atoms with E-state index < -0.39 is 4.92 Å². The first-order chi connectivity index (χ1) is 16.1. The summed E-state index contributed by atoms with van der Waals surface area (Å²) in [5, 5.41) is 15.1. The number of anilines is 1. The van der Waals surface area contributed by atoms with E-state index in [2.05, 4.69) is 20.0 Å². The molecule has 2 aliphatic rings. The van der Waals surface area contributed by atoms with Gasteiger partial charge in [0.2, 0.25) is 17.6 Å². The number of hydrogen-bond acceptors (Lipinski definition) is 8. The Morgan fingerprint density at radius 3 is 2.79 bits per heavy atom. The number of likely N-dealkylation sites (tertiary alicyclic amines) is 1. The smallest absolute Gasteiger partial charge is 0.269 e. The van der Waals surface area contributed by atoms with Gasteiger partial charge in [0.15, 0.2) is 0 Å². The maximum atomic E-state index is 13.1. The lowest BCUT2D eigenvalue weighted by Crippen LogP contribution is -2.45. The first-order valence-electron chi connectivity index (χ1n) is 11.1. The molecule has 1 aromatic carbocycles. The third-order valence-electron chi connectivity index (χ3n) is 6.32. The first kappa shape index (κ1) is 21.2. The summed E-state index contributed by atoms with van der Waals surface area (Å²) in [5.74, 6) is 1.30. The number of fused-ring (bicyclic) bond motifs is 1. The minimum absolute atomic E-state index is 0.0264.